The third kappa shape index (κ3) is 3.97. The predicted octanol–water partition coefficient (Wildman–Crippen LogP) is -0.858. The first-order chi connectivity index (χ1) is 6.93. The van der Waals surface area contributed by atoms with Crippen LogP contribution in [-0.4, -0.2) is 49.4 Å². The molecule has 0 saturated heterocycles. The van der Waals surface area contributed by atoms with Gasteiger partial charge >= 0.3 is 11.9 Å². The van der Waals surface area contributed by atoms with Crippen molar-refractivity contribution in [3.05, 3.63) is 0 Å². The van der Waals surface area contributed by atoms with Crippen LogP contribution in [0, 0.1) is 0 Å². The Balaban J connectivity index is 4.25. The van der Waals surface area contributed by atoms with Crippen LogP contribution in [0.25, 0.3) is 0 Å². The SMILES string of the molecule is CCN(C)C(=O)C(C)NC(=O)C(=O)OC. The van der Waals surface area contributed by atoms with Crippen molar-refractivity contribution in [1.82, 2.24) is 10.2 Å². The Morgan fingerprint density at radius 2 is 1.93 bits per heavy atom. The monoisotopic (exact) mass is 216 g/mol. The van der Waals surface area contributed by atoms with Crippen molar-refractivity contribution in [2.45, 2.75) is 19.9 Å². The number of nitrogens with one attached hydrogen (secondary N) is 1. The Morgan fingerprint density at radius 3 is 2.33 bits per heavy atom. The molecule has 0 radical (unpaired) electrons. The Labute approximate surface area is 88.6 Å². The van der Waals surface area contributed by atoms with Crippen LogP contribution in [0.15, 0.2) is 0 Å². The van der Waals surface area contributed by atoms with Crippen molar-refractivity contribution in [2.24, 2.45) is 0 Å². The Hall–Kier alpha value is -1.59. The second kappa shape index (κ2) is 6.00. The van der Waals surface area contributed by atoms with Crippen LogP contribution in [0.5, 0.6) is 0 Å². The molecule has 0 aromatic heterocycles. The van der Waals surface area contributed by atoms with E-state index in [1.165, 1.54) is 11.8 Å². The molecule has 0 rings (SSSR count). The minimum Gasteiger partial charge on any atom is -0.462 e. The number of hydrogen-bond acceptors (Lipinski definition) is 4. The molecule has 0 aromatic carbocycles. The molecule has 0 fully saturated rings. The zero-order valence-corrected chi connectivity index (χ0v) is 9.36. The van der Waals surface area contributed by atoms with Crippen LogP contribution < -0.4 is 5.32 Å². The highest BCUT2D eigenvalue weighted by Gasteiger charge is 2.22. The lowest BCUT2D eigenvalue weighted by Crippen LogP contribution is -2.47. The summed E-state index contributed by atoms with van der Waals surface area (Å²) < 4.78 is 4.20. The van der Waals surface area contributed by atoms with Crippen molar-refractivity contribution in [3.8, 4) is 0 Å². The number of carbonyl (C=O) groups is 3. The standard InChI is InChI=1S/C9H16N2O4/c1-5-11(3)8(13)6(2)10-7(12)9(14)15-4/h6H,5H2,1-4H3,(H,10,12). The van der Waals surface area contributed by atoms with E-state index in [-0.39, 0.29) is 5.91 Å². The summed E-state index contributed by atoms with van der Waals surface area (Å²) in [6, 6.07) is -0.735. The van der Waals surface area contributed by atoms with Gasteiger partial charge in [-0.1, -0.05) is 0 Å². The number of rotatable bonds is 3. The molecule has 6 heteroatoms. The lowest BCUT2D eigenvalue weighted by Gasteiger charge is -2.19. The van der Waals surface area contributed by atoms with Gasteiger partial charge in [-0.2, -0.15) is 0 Å². The van der Waals surface area contributed by atoms with E-state index in [0.29, 0.717) is 6.54 Å². The topological polar surface area (TPSA) is 75.7 Å². The van der Waals surface area contributed by atoms with Crippen molar-refractivity contribution in [1.29, 1.82) is 0 Å². The molecule has 0 aliphatic carbocycles. The number of likely N-dealkylation sites (N-methyl/N-ethyl adjacent to an activating group) is 1. The molecular weight excluding hydrogens is 200 g/mol. The van der Waals surface area contributed by atoms with Crippen LogP contribution in [0.1, 0.15) is 13.8 Å². The van der Waals surface area contributed by atoms with Crippen molar-refractivity contribution >= 4 is 17.8 Å². The van der Waals surface area contributed by atoms with Crippen molar-refractivity contribution < 1.29 is 19.1 Å². The van der Waals surface area contributed by atoms with E-state index in [2.05, 4.69) is 10.1 Å². The highest BCUT2D eigenvalue weighted by molar-refractivity contribution is 6.32. The van der Waals surface area contributed by atoms with Gasteiger partial charge in [0.2, 0.25) is 5.91 Å². The van der Waals surface area contributed by atoms with Crippen LogP contribution >= 0.6 is 0 Å². The maximum atomic E-state index is 11.5. The fourth-order valence-corrected chi connectivity index (χ4v) is 0.896. The molecule has 15 heavy (non-hydrogen) atoms. The van der Waals surface area contributed by atoms with Crippen LogP contribution in [0.3, 0.4) is 0 Å². The van der Waals surface area contributed by atoms with Gasteiger partial charge in [0, 0.05) is 13.6 Å². The Morgan fingerprint density at radius 1 is 1.40 bits per heavy atom. The van der Waals surface area contributed by atoms with Gasteiger partial charge in [-0.3, -0.25) is 9.59 Å². The Bertz CT molecular complexity index is 265. The summed E-state index contributed by atoms with van der Waals surface area (Å²) in [4.78, 5) is 34.7. The molecule has 0 spiro atoms. The van der Waals surface area contributed by atoms with E-state index in [0.717, 1.165) is 7.11 Å². The van der Waals surface area contributed by atoms with Crippen LogP contribution in [-0.2, 0) is 19.1 Å². The summed E-state index contributed by atoms with van der Waals surface area (Å²) in [6.07, 6.45) is 0. The lowest BCUT2D eigenvalue weighted by atomic mass is 10.3. The van der Waals surface area contributed by atoms with Gasteiger partial charge in [-0.05, 0) is 13.8 Å². The smallest absolute Gasteiger partial charge is 0.396 e. The van der Waals surface area contributed by atoms with E-state index in [9.17, 15) is 14.4 Å². The number of nitrogens with zero attached hydrogens (tertiary/aromatic N) is 1. The number of methoxy groups -OCH3 is 1. The minimum absolute atomic E-state index is 0.255. The average Bonchev–Trinajstić information content (AvgIpc) is 2.25. The van der Waals surface area contributed by atoms with Gasteiger partial charge in [0.25, 0.3) is 0 Å². The first-order valence-electron chi connectivity index (χ1n) is 4.57. The predicted molar refractivity (Wildman–Crippen MR) is 52.9 cm³/mol. The summed E-state index contributed by atoms with van der Waals surface area (Å²) in [6.45, 7) is 3.86. The molecule has 0 heterocycles. The summed E-state index contributed by atoms with van der Waals surface area (Å²) in [5, 5.41) is 2.24. The molecule has 1 unspecified atom stereocenters. The van der Waals surface area contributed by atoms with E-state index in [1.54, 1.807) is 7.05 Å². The molecule has 6 nitrogen and oxygen atoms in total. The fourth-order valence-electron chi connectivity index (χ4n) is 0.896. The summed E-state index contributed by atoms with van der Waals surface area (Å²) in [5.41, 5.74) is 0. The average molecular weight is 216 g/mol. The lowest BCUT2D eigenvalue weighted by molar-refractivity contribution is -0.153. The minimum atomic E-state index is -1.01. The highest BCUT2D eigenvalue weighted by atomic mass is 16.5. The molecular formula is C9H16N2O4. The normalized spacial score (nSPS) is 11.5. The van der Waals surface area contributed by atoms with Gasteiger partial charge in [0.05, 0.1) is 7.11 Å². The first-order valence-corrected chi connectivity index (χ1v) is 4.57. The number of carbonyl (C=O) groups excluding carboxylic acids is 3. The second-order valence-electron chi connectivity index (χ2n) is 3.04. The molecule has 0 aromatic rings. The maximum absolute atomic E-state index is 11.5. The highest BCUT2D eigenvalue weighted by Crippen LogP contribution is 1.91. The number of ether oxygens (including phenoxy) is 1. The zero-order chi connectivity index (χ0) is 12.0. The van der Waals surface area contributed by atoms with E-state index in [4.69, 9.17) is 0 Å². The van der Waals surface area contributed by atoms with Gasteiger partial charge in [0.1, 0.15) is 6.04 Å². The fraction of sp³-hybridized carbons (Fsp3) is 0.667. The molecule has 0 saturated carbocycles. The summed E-state index contributed by atoms with van der Waals surface area (Å²) in [5.74, 6) is -2.17. The Kier molecular flexibility index (Phi) is 5.36. The maximum Gasteiger partial charge on any atom is 0.396 e. The largest absolute Gasteiger partial charge is 0.462 e. The number of esters is 1. The number of amides is 2. The summed E-state index contributed by atoms with van der Waals surface area (Å²) in [7, 11) is 2.72. The second-order valence-corrected chi connectivity index (χ2v) is 3.04. The third-order valence-corrected chi connectivity index (χ3v) is 1.94. The number of hydrogen-bond donors (Lipinski definition) is 1. The van der Waals surface area contributed by atoms with Gasteiger partial charge < -0.3 is 15.0 Å². The van der Waals surface area contributed by atoms with Gasteiger partial charge in [-0.15, -0.1) is 0 Å². The van der Waals surface area contributed by atoms with Crippen molar-refractivity contribution in [2.75, 3.05) is 20.7 Å². The van der Waals surface area contributed by atoms with Gasteiger partial charge in [-0.25, -0.2) is 4.79 Å². The molecule has 0 aliphatic rings. The van der Waals surface area contributed by atoms with Gasteiger partial charge in [0.15, 0.2) is 0 Å². The van der Waals surface area contributed by atoms with Crippen LogP contribution in [0.4, 0.5) is 0 Å². The van der Waals surface area contributed by atoms with Crippen molar-refractivity contribution in [3.63, 3.8) is 0 Å². The van der Waals surface area contributed by atoms with E-state index in [1.807, 2.05) is 6.92 Å². The molecule has 0 bridgehead atoms. The summed E-state index contributed by atoms with van der Waals surface area (Å²) >= 11 is 0. The molecule has 86 valence electrons. The quantitative estimate of drug-likeness (QED) is 0.492. The van der Waals surface area contributed by atoms with Crippen LogP contribution in [0.2, 0.25) is 0 Å². The van der Waals surface area contributed by atoms with E-state index < -0.39 is 17.9 Å². The molecule has 0 aliphatic heterocycles. The molecule has 1 N–H and O–H groups in total. The third-order valence-electron chi connectivity index (χ3n) is 1.94. The zero-order valence-electron chi connectivity index (χ0n) is 9.36. The van der Waals surface area contributed by atoms with E-state index >= 15 is 0 Å². The molecule has 1 atom stereocenters. The molecule has 2 amide bonds. The first kappa shape index (κ1) is 13.4.